The molecule has 0 aromatic heterocycles. The Kier molecular flexibility index (Phi) is 4.63. The molecule has 0 spiro atoms. The highest BCUT2D eigenvalue weighted by atomic mass is 16.7. The fourth-order valence-electron chi connectivity index (χ4n) is 2.25. The van der Waals surface area contributed by atoms with Gasteiger partial charge in [0.05, 0.1) is 6.61 Å². The van der Waals surface area contributed by atoms with Crippen LogP contribution in [0.15, 0.2) is 12.1 Å². The van der Waals surface area contributed by atoms with E-state index < -0.39 is 0 Å². The number of hydrogen-bond acceptors (Lipinski definition) is 5. The Morgan fingerprint density at radius 2 is 1.95 bits per heavy atom. The number of hydrogen-bond donors (Lipinski definition) is 2. The molecule has 19 heavy (non-hydrogen) atoms. The van der Waals surface area contributed by atoms with Crippen LogP contribution in [0.5, 0.6) is 11.5 Å². The molecule has 5 heteroatoms. The lowest BCUT2D eigenvalue weighted by molar-refractivity contribution is 0.115. The van der Waals surface area contributed by atoms with E-state index in [0.717, 1.165) is 22.6 Å². The van der Waals surface area contributed by atoms with Crippen LogP contribution in [0.1, 0.15) is 17.5 Å². The van der Waals surface area contributed by atoms with Crippen molar-refractivity contribution in [3.63, 3.8) is 0 Å². The van der Waals surface area contributed by atoms with Crippen molar-refractivity contribution in [2.45, 2.75) is 25.9 Å². The summed E-state index contributed by atoms with van der Waals surface area (Å²) >= 11 is 0. The van der Waals surface area contributed by atoms with Gasteiger partial charge in [-0.2, -0.15) is 0 Å². The zero-order valence-corrected chi connectivity index (χ0v) is 11.4. The summed E-state index contributed by atoms with van der Waals surface area (Å²) in [5.41, 5.74) is 2.28. The molecule has 0 amide bonds. The quantitative estimate of drug-likeness (QED) is 0.802. The van der Waals surface area contributed by atoms with Crippen LogP contribution in [0.2, 0.25) is 0 Å². The van der Waals surface area contributed by atoms with Gasteiger partial charge in [0, 0.05) is 19.2 Å². The van der Waals surface area contributed by atoms with Crippen molar-refractivity contribution in [3.8, 4) is 11.5 Å². The molecule has 5 nitrogen and oxygen atoms in total. The number of benzene rings is 1. The van der Waals surface area contributed by atoms with Gasteiger partial charge in [-0.1, -0.05) is 0 Å². The third-order valence-corrected chi connectivity index (χ3v) is 3.55. The third kappa shape index (κ3) is 3.18. The van der Waals surface area contributed by atoms with Crippen LogP contribution in [-0.4, -0.2) is 48.2 Å². The Morgan fingerprint density at radius 1 is 1.26 bits per heavy atom. The minimum atomic E-state index is -0.0326. The highest BCUT2D eigenvalue weighted by Gasteiger charge is 2.18. The molecule has 1 aliphatic rings. The molecule has 1 heterocycles. The summed E-state index contributed by atoms with van der Waals surface area (Å²) in [6.07, 6.45) is 0.566. The fraction of sp³-hybridized carbons (Fsp3) is 0.571. The number of likely N-dealkylation sites (N-methyl/N-ethyl adjacent to an activating group) is 1. The summed E-state index contributed by atoms with van der Waals surface area (Å²) in [6.45, 7) is 3.13. The number of rotatable bonds is 6. The highest BCUT2D eigenvalue weighted by molar-refractivity contribution is 5.48. The second-order valence-corrected chi connectivity index (χ2v) is 4.90. The molecule has 0 fully saturated rings. The Hall–Kier alpha value is -1.30. The molecule has 106 valence electrons. The smallest absolute Gasteiger partial charge is 0.231 e. The number of ether oxygens (including phenoxy) is 2. The Labute approximate surface area is 113 Å². The van der Waals surface area contributed by atoms with E-state index in [2.05, 4.69) is 0 Å². The van der Waals surface area contributed by atoms with E-state index >= 15 is 0 Å². The van der Waals surface area contributed by atoms with Crippen LogP contribution < -0.4 is 9.47 Å². The zero-order chi connectivity index (χ0) is 13.8. The van der Waals surface area contributed by atoms with Crippen LogP contribution in [-0.2, 0) is 6.54 Å². The number of aryl methyl sites for hydroxylation is 1. The molecule has 1 unspecified atom stereocenters. The highest BCUT2D eigenvalue weighted by Crippen LogP contribution is 2.35. The van der Waals surface area contributed by atoms with Crippen LogP contribution in [0.3, 0.4) is 0 Å². The van der Waals surface area contributed by atoms with Gasteiger partial charge < -0.3 is 19.7 Å². The first kappa shape index (κ1) is 14.1. The molecule has 1 atom stereocenters. The maximum absolute atomic E-state index is 9.33. The van der Waals surface area contributed by atoms with Gasteiger partial charge in [0.15, 0.2) is 11.5 Å². The largest absolute Gasteiger partial charge is 0.454 e. The summed E-state index contributed by atoms with van der Waals surface area (Å²) in [5, 5.41) is 18.3. The van der Waals surface area contributed by atoms with Gasteiger partial charge in [0.1, 0.15) is 0 Å². The van der Waals surface area contributed by atoms with Crippen molar-refractivity contribution >= 4 is 0 Å². The van der Waals surface area contributed by atoms with Crippen molar-refractivity contribution in [2.24, 2.45) is 0 Å². The van der Waals surface area contributed by atoms with Gasteiger partial charge in [0.2, 0.25) is 6.79 Å². The van der Waals surface area contributed by atoms with Gasteiger partial charge in [-0.15, -0.1) is 0 Å². The van der Waals surface area contributed by atoms with E-state index in [-0.39, 0.29) is 26.0 Å². The fourth-order valence-corrected chi connectivity index (χ4v) is 2.25. The average molecular weight is 267 g/mol. The summed E-state index contributed by atoms with van der Waals surface area (Å²) in [4.78, 5) is 2.04. The normalized spacial score (nSPS) is 15.0. The first-order valence-electron chi connectivity index (χ1n) is 6.46. The van der Waals surface area contributed by atoms with E-state index in [1.807, 2.05) is 31.0 Å². The lowest BCUT2D eigenvalue weighted by Crippen LogP contribution is -2.35. The van der Waals surface area contributed by atoms with Gasteiger partial charge in [-0.3, -0.25) is 4.90 Å². The molecular weight excluding hydrogens is 246 g/mol. The number of nitrogens with zero attached hydrogens (tertiary/aromatic N) is 1. The Bertz CT molecular complexity index is 436. The van der Waals surface area contributed by atoms with Gasteiger partial charge in [0.25, 0.3) is 0 Å². The van der Waals surface area contributed by atoms with Crippen molar-refractivity contribution in [2.75, 3.05) is 27.1 Å². The van der Waals surface area contributed by atoms with Crippen molar-refractivity contribution in [1.29, 1.82) is 0 Å². The number of aliphatic hydroxyl groups is 2. The lowest BCUT2D eigenvalue weighted by atomic mass is 10.1. The summed E-state index contributed by atoms with van der Waals surface area (Å²) in [5.74, 6) is 1.56. The molecule has 0 saturated heterocycles. The maximum atomic E-state index is 9.33. The summed E-state index contributed by atoms with van der Waals surface area (Å²) < 4.78 is 10.7. The van der Waals surface area contributed by atoms with Gasteiger partial charge >= 0.3 is 0 Å². The second kappa shape index (κ2) is 6.23. The van der Waals surface area contributed by atoms with Crippen LogP contribution >= 0.6 is 0 Å². The standard InChI is InChI=1S/C14H21NO4/c1-10-5-13-14(19-9-18-13)6-11(10)7-15(2)12(8-17)3-4-16/h5-6,12,16-17H,3-4,7-9H2,1-2H3. The molecule has 1 aromatic rings. The van der Waals surface area contributed by atoms with Gasteiger partial charge in [-0.25, -0.2) is 0 Å². The predicted octanol–water partition coefficient (Wildman–Crippen LogP) is 0.899. The van der Waals surface area contributed by atoms with E-state index in [1.165, 1.54) is 0 Å². The van der Waals surface area contributed by atoms with Crippen molar-refractivity contribution < 1.29 is 19.7 Å². The second-order valence-electron chi connectivity index (χ2n) is 4.90. The average Bonchev–Trinajstić information content (AvgIpc) is 2.83. The van der Waals surface area contributed by atoms with Crippen molar-refractivity contribution in [3.05, 3.63) is 23.3 Å². The SMILES string of the molecule is Cc1cc2c(cc1CN(C)C(CO)CCO)OCO2. The minimum absolute atomic E-state index is 0.0326. The van der Waals surface area contributed by atoms with E-state index in [4.69, 9.17) is 14.6 Å². The zero-order valence-electron chi connectivity index (χ0n) is 11.4. The first-order valence-corrected chi connectivity index (χ1v) is 6.46. The maximum Gasteiger partial charge on any atom is 0.231 e. The summed E-state index contributed by atoms with van der Waals surface area (Å²) in [6, 6.07) is 3.93. The van der Waals surface area contributed by atoms with E-state index in [1.54, 1.807) is 0 Å². The van der Waals surface area contributed by atoms with Crippen LogP contribution in [0.4, 0.5) is 0 Å². The van der Waals surface area contributed by atoms with Crippen LogP contribution in [0.25, 0.3) is 0 Å². The molecule has 0 aliphatic carbocycles. The van der Waals surface area contributed by atoms with E-state index in [0.29, 0.717) is 13.0 Å². The summed E-state index contributed by atoms with van der Waals surface area (Å²) in [7, 11) is 1.95. The molecule has 2 N–H and O–H groups in total. The minimum Gasteiger partial charge on any atom is -0.454 e. The molecule has 2 rings (SSSR count). The monoisotopic (exact) mass is 267 g/mol. The molecule has 1 aliphatic heterocycles. The Balaban J connectivity index is 2.10. The Morgan fingerprint density at radius 3 is 2.58 bits per heavy atom. The van der Waals surface area contributed by atoms with Crippen LogP contribution in [0, 0.1) is 6.92 Å². The molecule has 1 aromatic carbocycles. The molecule has 0 saturated carbocycles. The predicted molar refractivity (Wildman–Crippen MR) is 71.3 cm³/mol. The van der Waals surface area contributed by atoms with E-state index in [9.17, 15) is 5.11 Å². The lowest BCUT2D eigenvalue weighted by Gasteiger charge is -2.26. The number of aliphatic hydroxyl groups excluding tert-OH is 2. The number of fused-ring (bicyclic) bond motifs is 1. The first-order chi connectivity index (χ1) is 9.15. The molecular formula is C14H21NO4. The molecule has 0 bridgehead atoms. The topological polar surface area (TPSA) is 62.2 Å². The van der Waals surface area contributed by atoms with Crippen molar-refractivity contribution in [1.82, 2.24) is 4.90 Å². The molecule has 0 radical (unpaired) electrons. The third-order valence-electron chi connectivity index (χ3n) is 3.55. The van der Waals surface area contributed by atoms with Gasteiger partial charge in [-0.05, 0) is 43.7 Å².